The van der Waals surface area contributed by atoms with Gasteiger partial charge in [0.25, 0.3) is 0 Å². The van der Waals surface area contributed by atoms with Gasteiger partial charge in [0, 0.05) is 19.2 Å². The molecule has 0 aliphatic rings. The molecule has 7 nitrogen and oxygen atoms in total. The van der Waals surface area contributed by atoms with Crippen LogP contribution in [0.4, 0.5) is 4.39 Å². The molecular weight excluding hydrogens is 365 g/mol. The van der Waals surface area contributed by atoms with Crippen molar-refractivity contribution in [3.8, 4) is 5.75 Å². The van der Waals surface area contributed by atoms with Gasteiger partial charge in [0.05, 0.1) is 26.5 Å². The molecule has 0 saturated heterocycles. The van der Waals surface area contributed by atoms with Crippen molar-refractivity contribution in [3.63, 3.8) is 0 Å². The molecule has 0 radical (unpaired) electrons. The van der Waals surface area contributed by atoms with E-state index in [-0.39, 0.29) is 30.1 Å². The summed E-state index contributed by atoms with van der Waals surface area (Å²) in [4.78, 5) is 11.1. The van der Waals surface area contributed by atoms with E-state index in [1.165, 1.54) is 6.07 Å². The number of halogens is 1. The van der Waals surface area contributed by atoms with Gasteiger partial charge in [0.1, 0.15) is 0 Å². The number of hydrazine groups is 1. The van der Waals surface area contributed by atoms with Gasteiger partial charge in [-0.25, -0.2) is 4.39 Å². The van der Waals surface area contributed by atoms with Crippen LogP contribution in [0.2, 0.25) is 0 Å². The summed E-state index contributed by atoms with van der Waals surface area (Å²) >= 11 is 0. The van der Waals surface area contributed by atoms with Crippen molar-refractivity contribution in [1.82, 2.24) is 16.2 Å². The lowest BCUT2D eigenvalue weighted by Gasteiger charge is -2.17. The maximum atomic E-state index is 13.8. The van der Waals surface area contributed by atoms with Gasteiger partial charge in [-0.2, -0.15) is 0 Å². The molecule has 8 heteroatoms. The van der Waals surface area contributed by atoms with Crippen molar-refractivity contribution < 1.29 is 23.4 Å². The zero-order valence-corrected chi connectivity index (χ0v) is 17.3. The number of benzene rings is 1. The monoisotopic (exact) mass is 399 g/mol. The van der Waals surface area contributed by atoms with Crippen LogP contribution in [-0.2, 0) is 14.3 Å². The van der Waals surface area contributed by atoms with Gasteiger partial charge < -0.3 is 14.2 Å². The maximum absolute atomic E-state index is 13.8. The Morgan fingerprint density at radius 2 is 2.04 bits per heavy atom. The number of hydrogen-bond donors (Lipinski definition) is 3. The maximum Gasteiger partial charge on any atom is 0.319 e. The number of rotatable bonds is 15. The van der Waals surface area contributed by atoms with Gasteiger partial charge in [-0.05, 0) is 43.9 Å². The molecular formula is C20H34FN3O4. The largest absolute Gasteiger partial charge is 0.490 e. The molecule has 0 aromatic heterocycles. The topological polar surface area (TPSA) is 80.9 Å². The van der Waals surface area contributed by atoms with E-state index < -0.39 is 0 Å². The van der Waals surface area contributed by atoms with Gasteiger partial charge in [0.2, 0.25) is 0 Å². The van der Waals surface area contributed by atoms with Crippen molar-refractivity contribution in [1.29, 1.82) is 0 Å². The summed E-state index contributed by atoms with van der Waals surface area (Å²) in [5.41, 5.74) is 7.25. The summed E-state index contributed by atoms with van der Waals surface area (Å²) in [5, 5.41) is 2.85. The molecule has 1 aromatic carbocycles. The fourth-order valence-electron chi connectivity index (χ4n) is 2.24. The van der Waals surface area contributed by atoms with Crippen LogP contribution in [0.25, 0.3) is 0 Å². The number of carbonyl (C=O) groups excluding carboxylic acids is 1. The molecule has 1 unspecified atom stereocenters. The van der Waals surface area contributed by atoms with E-state index in [4.69, 9.17) is 14.2 Å². The predicted octanol–water partition coefficient (Wildman–Crippen LogP) is 2.53. The lowest BCUT2D eigenvalue weighted by molar-refractivity contribution is -0.142. The van der Waals surface area contributed by atoms with Crippen LogP contribution in [0.15, 0.2) is 18.2 Å². The van der Waals surface area contributed by atoms with Crippen LogP contribution >= 0.6 is 0 Å². The Labute approximate surface area is 167 Å². The summed E-state index contributed by atoms with van der Waals surface area (Å²) in [6.45, 7) is 10.4. The van der Waals surface area contributed by atoms with Crippen molar-refractivity contribution in [2.75, 3.05) is 39.6 Å². The van der Waals surface area contributed by atoms with E-state index in [1.54, 1.807) is 19.1 Å². The highest BCUT2D eigenvalue weighted by Crippen LogP contribution is 2.23. The van der Waals surface area contributed by atoms with Crippen LogP contribution < -0.4 is 20.9 Å². The van der Waals surface area contributed by atoms with Crippen molar-refractivity contribution in [2.45, 2.75) is 40.2 Å². The fourth-order valence-corrected chi connectivity index (χ4v) is 2.24. The number of esters is 1. The average Bonchev–Trinajstić information content (AvgIpc) is 2.66. The lowest BCUT2D eigenvalue weighted by atomic mass is 10.1. The highest BCUT2D eigenvalue weighted by Gasteiger charge is 2.10. The van der Waals surface area contributed by atoms with Gasteiger partial charge in [-0.15, -0.1) is 0 Å². The SMILES string of the molecule is CCOC(=O)CNCOCCCNNC(C)c1ccc(F)c(OCC(C)C)c1. The van der Waals surface area contributed by atoms with Gasteiger partial charge in [-0.1, -0.05) is 19.9 Å². The number of hydrogen-bond acceptors (Lipinski definition) is 7. The third-order valence-electron chi connectivity index (χ3n) is 3.72. The standard InChI is InChI=1S/C20H34FN3O4/c1-5-27-20(25)12-22-14-26-10-6-9-23-24-16(4)17-7-8-18(21)19(11-17)28-13-15(2)3/h7-8,11,15-16,22-24H,5-6,9-10,12-14H2,1-4H3. The van der Waals surface area contributed by atoms with Gasteiger partial charge >= 0.3 is 5.97 Å². The molecule has 0 amide bonds. The second-order valence-corrected chi connectivity index (χ2v) is 6.83. The summed E-state index contributed by atoms with van der Waals surface area (Å²) in [7, 11) is 0. The molecule has 0 bridgehead atoms. The minimum Gasteiger partial charge on any atom is -0.490 e. The summed E-state index contributed by atoms with van der Waals surface area (Å²) in [5.74, 6) is -0.0193. The quantitative estimate of drug-likeness (QED) is 0.181. The zero-order valence-electron chi connectivity index (χ0n) is 17.3. The molecule has 1 atom stereocenters. The van der Waals surface area contributed by atoms with E-state index in [0.717, 1.165) is 12.0 Å². The smallest absolute Gasteiger partial charge is 0.319 e. The highest BCUT2D eigenvalue weighted by atomic mass is 19.1. The Balaban J connectivity index is 2.17. The first-order valence-corrected chi connectivity index (χ1v) is 9.78. The van der Waals surface area contributed by atoms with Gasteiger partial charge in [-0.3, -0.25) is 21.0 Å². The van der Waals surface area contributed by atoms with Crippen molar-refractivity contribution in [3.05, 3.63) is 29.6 Å². The van der Waals surface area contributed by atoms with E-state index in [9.17, 15) is 9.18 Å². The van der Waals surface area contributed by atoms with E-state index in [1.807, 2.05) is 20.8 Å². The molecule has 28 heavy (non-hydrogen) atoms. The van der Waals surface area contributed by atoms with Gasteiger partial charge in [0.15, 0.2) is 11.6 Å². The molecule has 3 N–H and O–H groups in total. The molecule has 0 fully saturated rings. The third kappa shape index (κ3) is 10.6. The Hall–Kier alpha value is -1.74. The molecule has 0 aliphatic heterocycles. The molecule has 0 heterocycles. The Morgan fingerprint density at radius 3 is 2.75 bits per heavy atom. The Bertz CT molecular complexity index is 572. The van der Waals surface area contributed by atoms with Crippen LogP contribution in [0.3, 0.4) is 0 Å². The first-order chi connectivity index (χ1) is 13.4. The van der Waals surface area contributed by atoms with Crippen molar-refractivity contribution >= 4 is 5.97 Å². The second-order valence-electron chi connectivity index (χ2n) is 6.83. The number of carbonyl (C=O) groups is 1. The molecule has 1 rings (SSSR count). The molecule has 0 spiro atoms. The molecule has 0 aliphatic carbocycles. The highest BCUT2D eigenvalue weighted by molar-refractivity contribution is 5.71. The predicted molar refractivity (Wildman–Crippen MR) is 106 cm³/mol. The number of ether oxygens (including phenoxy) is 3. The third-order valence-corrected chi connectivity index (χ3v) is 3.72. The normalized spacial score (nSPS) is 12.2. The molecule has 160 valence electrons. The van der Waals surface area contributed by atoms with Crippen LogP contribution in [0.5, 0.6) is 5.75 Å². The van der Waals surface area contributed by atoms with E-state index >= 15 is 0 Å². The molecule has 0 saturated carbocycles. The summed E-state index contributed by atoms with van der Waals surface area (Å²) in [6.07, 6.45) is 0.799. The average molecular weight is 400 g/mol. The minimum atomic E-state index is -0.349. The minimum absolute atomic E-state index is 0.00540. The zero-order chi connectivity index (χ0) is 20.8. The molecule has 1 aromatic rings. The Morgan fingerprint density at radius 1 is 1.25 bits per heavy atom. The summed E-state index contributed by atoms with van der Waals surface area (Å²) < 4.78 is 29.6. The Kier molecular flexibility index (Phi) is 12.4. The van der Waals surface area contributed by atoms with E-state index in [2.05, 4.69) is 16.2 Å². The number of nitrogens with one attached hydrogen (secondary N) is 3. The lowest BCUT2D eigenvalue weighted by Crippen LogP contribution is -2.35. The van der Waals surface area contributed by atoms with Crippen LogP contribution in [0.1, 0.15) is 45.7 Å². The van der Waals surface area contributed by atoms with Crippen LogP contribution in [0, 0.1) is 11.7 Å². The summed E-state index contributed by atoms with van der Waals surface area (Å²) in [6, 6.07) is 4.90. The van der Waals surface area contributed by atoms with Crippen molar-refractivity contribution in [2.24, 2.45) is 5.92 Å². The van der Waals surface area contributed by atoms with Crippen LogP contribution in [-0.4, -0.2) is 45.6 Å². The van der Waals surface area contributed by atoms with E-state index in [0.29, 0.717) is 39.0 Å². The second kappa shape index (κ2) is 14.3. The fraction of sp³-hybridized carbons (Fsp3) is 0.650. The first kappa shape index (κ1) is 24.3. The first-order valence-electron chi connectivity index (χ1n) is 9.78.